The third-order valence-corrected chi connectivity index (χ3v) is 4.33. The largest absolute Gasteiger partial charge is 0.399 e. The van der Waals surface area contributed by atoms with Gasteiger partial charge in [-0.3, -0.25) is 4.40 Å². The highest BCUT2D eigenvalue weighted by Gasteiger charge is 2.49. The van der Waals surface area contributed by atoms with Crippen molar-refractivity contribution in [1.29, 1.82) is 0 Å². The number of nitrogen functional groups attached to an aromatic ring is 1. The molecule has 21 heavy (non-hydrogen) atoms. The highest BCUT2D eigenvalue weighted by atomic mass is 15.3. The third kappa shape index (κ3) is 1.73. The zero-order chi connectivity index (χ0) is 14.6. The standard InChI is InChI=1S/C16H17N5/c1-10-9-11(2)21-14(19-20-15(21)18-10)16(7-8-16)12-3-5-13(17)6-4-12/h3-6,9H,7-8,17H2,1-2H3. The maximum absolute atomic E-state index is 5.80. The maximum atomic E-state index is 5.80. The molecule has 0 bridgehead atoms. The molecule has 1 aliphatic rings. The first kappa shape index (κ1) is 12.3. The number of nitrogens with two attached hydrogens (primary N) is 1. The Hall–Kier alpha value is -2.43. The van der Waals surface area contributed by atoms with Crippen LogP contribution in [0.5, 0.6) is 0 Å². The van der Waals surface area contributed by atoms with Gasteiger partial charge in [0, 0.05) is 17.1 Å². The van der Waals surface area contributed by atoms with Gasteiger partial charge in [-0.05, 0) is 50.5 Å². The molecule has 2 heterocycles. The van der Waals surface area contributed by atoms with Crippen LogP contribution in [0.1, 0.15) is 35.6 Å². The van der Waals surface area contributed by atoms with E-state index in [0.29, 0.717) is 5.78 Å². The summed E-state index contributed by atoms with van der Waals surface area (Å²) in [5, 5.41) is 8.72. The van der Waals surface area contributed by atoms with E-state index in [1.165, 1.54) is 5.56 Å². The molecule has 1 aromatic carbocycles. The predicted octanol–water partition coefficient (Wildman–Crippen LogP) is 2.40. The lowest BCUT2D eigenvalue weighted by Gasteiger charge is -2.15. The second-order valence-corrected chi connectivity index (χ2v) is 5.90. The topological polar surface area (TPSA) is 69.1 Å². The molecule has 3 aromatic rings. The van der Waals surface area contributed by atoms with Crippen molar-refractivity contribution in [3.63, 3.8) is 0 Å². The Morgan fingerprint density at radius 3 is 2.48 bits per heavy atom. The van der Waals surface area contributed by atoms with Gasteiger partial charge in [0.1, 0.15) is 5.82 Å². The van der Waals surface area contributed by atoms with Gasteiger partial charge < -0.3 is 5.73 Å². The number of benzene rings is 1. The van der Waals surface area contributed by atoms with E-state index < -0.39 is 0 Å². The van der Waals surface area contributed by atoms with Crippen LogP contribution in [-0.2, 0) is 5.41 Å². The molecule has 1 fully saturated rings. The van der Waals surface area contributed by atoms with Gasteiger partial charge in [0.25, 0.3) is 5.78 Å². The molecule has 0 saturated heterocycles. The fraction of sp³-hybridized carbons (Fsp3) is 0.312. The average molecular weight is 279 g/mol. The highest BCUT2D eigenvalue weighted by Crippen LogP contribution is 2.52. The summed E-state index contributed by atoms with van der Waals surface area (Å²) in [7, 11) is 0. The van der Waals surface area contributed by atoms with E-state index in [1.807, 2.05) is 19.1 Å². The van der Waals surface area contributed by atoms with E-state index in [2.05, 4.69) is 44.7 Å². The molecule has 2 aromatic heterocycles. The van der Waals surface area contributed by atoms with Gasteiger partial charge in [-0.25, -0.2) is 4.98 Å². The molecule has 2 N–H and O–H groups in total. The Morgan fingerprint density at radius 1 is 1.10 bits per heavy atom. The minimum absolute atomic E-state index is 0.0329. The van der Waals surface area contributed by atoms with E-state index >= 15 is 0 Å². The SMILES string of the molecule is Cc1cc(C)n2c(C3(c4ccc(N)cc4)CC3)nnc2n1. The highest BCUT2D eigenvalue weighted by molar-refractivity contribution is 5.48. The van der Waals surface area contributed by atoms with Crippen LogP contribution in [0.4, 0.5) is 5.69 Å². The molecule has 0 amide bonds. The summed E-state index contributed by atoms with van der Waals surface area (Å²) in [6.07, 6.45) is 2.18. The van der Waals surface area contributed by atoms with Gasteiger partial charge >= 0.3 is 0 Å². The Balaban J connectivity index is 1.92. The molecular formula is C16H17N5. The minimum atomic E-state index is -0.0329. The van der Waals surface area contributed by atoms with Crippen LogP contribution < -0.4 is 5.73 Å². The van der Waals surface area contributed by atoms with Crippen molar-refractivity contribution in [3.8, 4) is 0 Å². The van der Waals surface area contributed by atoms with Crippen LogP contribution in [0.25, 0.3) is 5.78 Å². The summed E-state index contributed by atoms with van der Waals surface area (Å²) < 4.78 is 2.08. The first-order chi connectivity index (χ1) is 10.1. The number of rotatable bonds is 2. The van der Waals surface area contributed by atoms with E-state index in [0.717, 1.165) is 35.7 Å². The zero-order valence-electron chi connectivity index (χ0n) is 12.2. The molecule has 4 rings (SSSR count). The fourth-order valence-corrected chi connectivity index (χ4v) is 3.11. The lowest BCUT2D eigenvalue weighted by molar-refractivity contribution is 0.731. The van der Waals surface area contributed by atoms with Gasteiger partial charge in [0.2, 0.25) is 0 Å². The lowest BCUT2D eigenvalue weighted by atomic mass is 9.95. The van der Waals surface area contributed by atoms with E-state index in [9.17, 15) is 0 Å². The number of hydrogen-bond donors (Lipinski definition) is 1. The van der Waals surface area contributed by atoms with Gasteiger partial charge in [-0.1, -0.05) is 12.1 Å². The summed E-state index contributed by atoms with van der Waals surface area (Å²) in [5.41, 5.74) is 9.90. The summed E-state index contributed by atoms with van der Waals surface area (Å²) in [6, 6.07) is 10.2. The predicted molar refractivity (Wildman–Crippen MR) is 81.1 cm³/mol. The van der Waals surface area contributed by atoms with Crippen molar-refractivity contribution in [3.05, 3.63) is 53.1 Å². The molecule has 0 spiro atoms. The molecule has 0 atom stereocenters. The molecule has 106 valence electrons. The molecular weight excluding hydrogens is 262 g/mol. The van der Waals surface area contributed by atoms with Crippen LogP contribution >= 0.6 is 0 Å². The smallest absolute Gasteiger partial charge is 0.255 e. The van der Waals surface area contributed by atoms with Crippen LogP contribution in [0, 0.1) is 13.8 Å². The summed E-state index contributed by atoms with van der Waals surface area (Å²) in [5.74, 6) is 1.68. The Bertz CT molecular complexity index is 828. The van der Waals surface area contributed by atoms with Gasteiger partial charge in [0.15, 0.2) is 0 Å². The third-order valence-electron chi connectivity index (χ3n) is 4.33. The molecule has 5 heteroatoms. The zero-order valence-corrected chi connectivity index (χ0v) is 12.2. The van der Waals surface area contributed by atoms with Crippen LogP contribution in [-0.4, -0.2) is 19.6 Å². The average Bonchev–Trinajstić information content (AvgIpc) is 3.13. The first-order valence-corrected chi connectivity index (χ1v) is 7.16. The number of aromatic nitrogens is 4. The maximum Gasteiger partial charge on any atom is 0.255 e. The van der Waals surface area contributed by atoms with E-state index in [1.54, 1.807) is 0 Å². The van der Waals surface area contributed by atoms with Crippen molar-refractivity contribution in [1.82, 2.24) is 19.6 Å². The second kappa shape index (κ2) is 4.04. The summed E-state index contributed by atoms with van der Waals surface area (Å²) in [4.78, 5) is 4.48. The normalized spacial score (nSPS) is 16.3. The number of nitrogens with zero attached hydrogens (tertiary/aromatic N) is 4. The molecule has 0 unspecified atom stereocenters. The molecule has 1 aliphatic carbocycles. The molecule has 1 saturated carbocycles. The molecule has 0 radical (unpaired) electrons. The number of hydrogen-bond acceptors (Lipinski definition) is 4. The molecule has 0 aliphatic heterocycles. The quantitative estimate of drug-likeness (QED) is 0.731. The number of aryl methyl sites for hydroxylation is 2. The lowest BCUT2D eigenvalue weighted by Crippen LogP contribution is -2.15. The van der Waals surface area contributed by atoms with Crippen molar-refractivity contribution < 1.29 is 0 Å². The van der Waals surface area contributed by atoms with E-state index in [4.69, 9.17) is 5.73 Å². The van der Waals surface area contributed by atoms with Crippen molar-refractivity contribution >= 4 is 11.5 Å². The Labute approximate surface area is 122 Å². The summed E-state index contributed by atoms with van der Waals surface area (Å²) >= 11 is 0. The van der Waals surface area contributed by atoms with Gasteiger partial charge in [-0.2, -0.15) is 0 Å². The van der Waals surface area contributed by atoms with Crippen LogP contribution in [0.2, 0.25) is 0 Å². The number of fused-ring (bicyclic) bond motifs is 1. The van der Waals surface area contributed by atoms with Crippen LogP contribution in [0.3, 0.4) is 0 Å². The van der Waals surface area contributed by atoms with Gasteiger partial charge in [-0.15, -0.1) is 10.2 Å². The second-order valence-electron chi connectivity index (χ2n) is 5.90. The van der Waals surface area contributed by atoms with E-state index in [-0.39, 0.29) is 5.41 Å². The number of anilines is 1. The van der Waals surface area contributed by atoms with Crippen molar-refractivity contribution in [2.24, 2.45) is 0 Å². The first-order valence-electron chi connectivity index (χ1n) is 7.16. The monoisotopic (exact) mass is 279 g/mol. The van der Waals surface area contributed by atoms with Crippen molar-refractivity contribution in [2.75, 3.05) is 5.73 Å². The van der Waals surface area contributed by atoms with Crippen LogP contribution in [0.15, 0.2) is 30.3 Å². The summed E-state index contributed by atoms with van der Waals surface area (Å²) in [6.45, 7) is 4.06. The Kier molecular flexibility index (Phi) is 2.37. The van der Waals surface area contributed by atoms with Gasteiger partial charge in [0.05, 0.1) is 5.41 Å². The van der Waals surface area contributed by atoms with Crippen molar-refractivity contribution in [2.45, 2.75) is 32.1 Å². The minimum Gasteiger partial charge on any atom is -0.399 e. The fourth-order valence-electron chi connectivity index (χ4n) is 3.11. The molecule has 5 nitrogen and oxygen atoms in total. The Morgan fingerprint density at radius 2 is 1.81 bits per heavy atom.